The van der Waals surface area contributed by atoms with Crippen molar-refractivity contribution >= 4 is 32.7 Å². The smallest absolute Gasteiger partial charge is 0.202 e. The van der Waals surface area contributed by atoms with Crippen LogP contribution >= 0.6 is 12.2 Å². The molecule has 0 N–H and O–H groups in total. The maximum atomic E-state index is 8.50. The van der Waals surface area contributed by atoms with E-state index in [0.29, 0.717) is 0 Å². The van der Waals surface area contributed by atoms with Gasteiger partial charge in [0, 0.05) is 12.2 Å². The molecular formula is C15H30AlOS. The van der Waals surface area contributed by atoms with E-state index in [4.69, 9.17) is 4.79 Å². The third-order valence-corrected chi connectivity index (χ3v) is 4.66. The van der Waals surface area contributed by atoms with Crippen LogP contribution in [-0.4, -0.2) is 20.5 Å². The van der Waals surface area contributed by atoms with Gasteiger partial charge in [0.15, 0.2) is 15.2 Å². The first-order valence-electron chi connectivity index (χ1n) is 7.64. The molecule has 0 heterocycles. The maximum absolute atomic E-state index is 8.50. The highest BCUT2D eigenvalue weighted by atomic mass is 32.1. The average molecular weight is 285 g/mol. The lowest BCUT2D eigenvalue weighted by atomic mass is 10.2. The molecule has 0 aliphatic heterocycles. The van der Waals surface area contributed by atoms with Gasteiger partial charge in [-0.25, -0.2) is 4.79 Å². The lowest BCUT2D eigenvalue weighted by Gasteiger charge is -2.00. The van der Waals surface area contributed by atoms with Gasteiger partial charge in [-0.2, -0.15) is 0 Å². The van der Waals surface area contributed by atoms with Crippen molar-refractivity contribution in [3.05, 3.63) is 0 Å². The highest BCUT2D eigenvalue weighted by Gasteiger charge is 1.94. The monoisotopic (exact) mass is 285 g/mol. The van der Waals surface area contributed by atoms with Crippen LogP contribution in [0.2, 0.25) is 10.6 Å². The fourth-order valence-electron chi connectivity index (χ4n) is 1.93. The molecule has 0 saturated carbocycles. The van der Waals surface area contributed by atoms with E-state index in [0.717, 1.165) is 20.5 Å². The van der Waals surface area contributed by atoms with Crippen molar-refractivity contribution in [2.24, 2.45) is 0 Å². The highest BCUT2D eigenvalue weighted by Crippen LogP contribution is 2.08. The van der Waals surface area contributed by atoms with E-state index >= 15 is 0 Å². The Labute approximate surface area is 126 Å². The third-order valence-electron chi connectivity index (χ3n) is 3.02. The highest BCUT2D eigenvalue weighted by molar-refractivity contribution is 7.78. The average Bonchev–Trinajstić information content (AvgIpc) is 2.37. The summed E-state index contributed by atoms with van der Waals surface area (Å²) in [6.07, 6.45) is 14.6. The second-order valence-corrected chi connectivity index (χ2v) is 6.68. The van der Waals surface area contributed by atoms with Crippen LogP contribution < -0.4 is 0 Å². The third kappa shape index (κ3) is 25.2. The zero-order valence-corrected chi connectivity index (χ0v) is 14.4. The molecule has 0 atom stereocenters. The molecule has 0 aromatic carbocycles. The van der Waals surface area contributed by atoms with Crippen LogP contribution in [0, 0.1) is 0 Å². The summed E-state index contributed by atoms with van der Waals surface area (Å²) in [5.41, 5.74) is 0. The van der Waals surface area contributed by atoms with Crippen LogP contribution in [0.5, 0.6) is 0 Å². The van der Waals surface area contributed by atoms with Crippen molar-refractivity contribution in [1.29, 1.82) is 0 Å². The first-order valence-corrected chi connectivity index (χ1v) is 9.68. The molecule has 0 aromatic rings. The van der Waals surface area contributed by atoms with Gasteiger partial charge in [0.1, 0.15) is 0 Å². The van der Waals surface area contributed by atoms with Crippen LogP contribution in [0.1, 0.15) is 78.1 Å². The fourth-order valence-corrected chi connectivity index (χ4v) is 3.37. The minimum Gasteiger partial charge on any atom is -0.220 e. The van der Waals surface area contributed by atoms with E-state index in [1.165, 1.54) is 64.2 Å². The summed E-state index contributed by atoms with van der Waals surface area (Å²) < 4.78 is 0. The van der Waals surface area contributed by atoms with Gasteiger partial charge < -0.3 is 0 Å². The van der Waals surface area contributed by atoms with Crippen molar-refractivity contribution in [1.82, 2.24) is 0 Å². The molecule has 0 aliphatic rings. The minimum absolute atomic E-state index is 0.799. The van der Waals surface area contributed by atoms with Gasteiger partial charge in [0.2, 0.25) is 5.23 Å². The maximum Gasteiger partial charge on any atom is 0.202 e. The Bertz CT molecular complexity index is 156. The van der Waals surface area contributed by atoms with E-state index < -0.39 is 0 Å². The van der Waals surface area contributed by atoms with E-state index in [9.17, 15) is 0 Å². The Hall–Kier alpha value is 0.332. The largest absolute Gasteiger partial charge is 0.220 e. The topological polar surface area (TPSA) is 17.1 Å². The van der Waals surface area contributed by atoms with E-state index in [-0.39, 0.29) is 0 Å². The molecule has 0 aromatic heterocycles. The molecule has 1 radical (unpaired) electrons. The summed E-state index contributed by atoms with van der Waals surface area (Å²) in [6, 6.07) is 0. The van der Waals surface area contributed by atoms with Crippen molar-refractivity contribution < 1.29 is 4.79 Å². The lowest BCUT2D eigenvalue weighted by molar-refractivity contribution is 0.572. The molecule has 0 fully saturated rings. The van der Waals surface area contributed by atoms with E-state index in [1.54, 1.807) is 10.6 Å². The summed E-state index contributed by atoms with van der Waals surface area (Å²) in [6.45, 7) is 4.59. The van der Waals surface area contributed by atoms with Crippen molar-refractivity contribution in [2.45, 2.75) is 88.6 Å². The predicted octanol–water partition coefficient (Wildman–Crippen LogP) is 5.72. The van der Waals surface area contributed by atoms with Crippen LogP contribution in [0.15, 0.2) is 0 Å². The zero-order valence-electron chi connectivity index (χ0n) is 12.4. The Morgan fingerprint density at radius 3 is 1.44 bits per heavy atom. The molecule has 0 unspecified atom stereocenters. The summed E-state index contributed by atoms with van der Waals surface area (Å²) in [7, 11) is 0. The van der Waals surface area contributed by atoms with E-state index in [1.807, 2.05) is 0 Å². The van der Waals surface area contributed by atoms with Gasteiger partial charge >= 0.3 is 0 Å². The van der Waals surface area contributed by atoms with E-state index in [2.05, 4.69) is 26.1 Å². The molecule has 1 nitrogen and oxygen atoms in total. The number of hydrogen-bond acceptors (Lipinski definition) is 2. The number of rotatable bonds is 12. The molecular weight excluding hydrogens is 255 g/mol. The fraction of sp³-hybridized carbons (Fsp3) is 0.933. The van der Waals surface area contributed by atoms with Gasteiger partial charge in [0.05, 0.1) is 0 Å². The Morgan fingerprint density at radius 1 is 0.778 bits per heavy atom. The number of thiocarbonyl (C=S) groups is 1. The second-order valence-electron chi connectivity index (χ2n) is 4.78. The summed E-state index contributed by atoms with van der Waals surface area (Å²) in [5.74, 6) is 0. The molecule has 0 rings (SSSR count). The summed E-state index contributed by atoms with van der Waals surface area (Å²) >= 11 is 4.39. The first-order chi connectivity index (χ1) is 8.83. The van der Waals surface area contributed by atoms with Gasteiger partial charge in [-0.1, -0.05) is 78.1 Å². The first kappa shape index (κ1) is 20.6. The minimum atomic E-state index is 0.799. The summed E-state index contributed by atoms with van der Waals surface area (Å²) in [4.78, 5) is 8.50. The Balaban J connectivity index is 0. The number of hydrogen-bond donors (Lipinski definition) is 0. The molecule has 0 aliphatic carbocycles. The van der Waals surface area contributed by atoms with Crippen molar-refractivity contribution in [3.8, 4) is 0 Å². The van der Waals surface area contributed by atoms with Gasteiger partial charge in [-0.15, -0.1) is 10.6 Å². The Morgan fingerprint density at radius 2 is 1.11 bits per heavy atom. The molecule has 3 heteroatoms. The predicted molar refractivity (Wildman–Crippen MR) is 86.2 cm³/mol. The molecule has 105 valence electrons. The normalized spacial score (nSPS) is 9.22. The summed E-state index contributed by atoms with van der Waals surface area (Å²) in [5, 5.41) is 4.22. The molecule has 0 saturated heterocycles. The zero-order chi connectivity index (χ0) is 13.9. The van der Waals surface area contributed by atoms with Crippen molar-refractivity contribution in [3.63, 3.8) is 0 Å². The second kappa shape index (κ2) is 22.5. The van der Waals surface area contributed by atoms with Gasteiger partial charge in [-0.05, 0) is 0 Å². The van der Waals surface area contributed by atoms with Crippen LogP contribution in [-0.2, 0) is 4.79 Å². The van der Waals surface area contributed by atoms with Crippen molar-refractivity contribution in [2.75, 3.05) is 0 Å². The molecule has 18 heavy (non-hydrogen) atoms. The van der Waals surface area contributed by atoms with Gasteiger partial charge in [0.25, 0.3) is 0 Å². The molecule has 0 spiro atoms. The molecule has 0 bridgehead atoms. The van der Waals surface area contributed by atoms with Crippen LogP contribution in [0.3, 0.4) is 0 Å². The standard InChI is InChI=1S/2C7H15.COS.Al/c2*1-3-5-7-6-4-2;2-1-3;/h2*1,3-7H2,2H3;;. The quantitative estimate of drug-likeness (QED) is 0.259. The SMILES string of the molecule is CCCCCC[CH2][Al][CH2]CCCCCC.O=C=S. The number of unbranched alkanes of at least 4 members (excludes halogenated alkanes) is 8. The lowest BCUT2D eigenvalue weighted by Crippen LogP contribution is -1.90. The number of carbonyl (C=O) groups excluding carboxylic acids is 1. The van der Waals surface area contributed by atoms with Crippen LogP contribution in [0.4, 0.5) is 0 Å². The molecule has 0 amide bonds. The van der Waals surface area contributed by atoms with Crippen LogP contribution in [0.25, 0.3) is 0 Å². The Kier molecular flexibility index (Phi) is 25.8. The van der Waals surface area contributed by atoms with Gasteiger partial charge in [-0.3, -0.25) is 0 Å².